The average molecular weight is 359 g/mol. The maximum absolute atomic E-state index is 12.6. The highest BCUT2D eigenvalue weighted by Gasteiger charge is 2.20. The van der Waals surface area contributed by atoms with Gasteiger partial charge in [0.25, 0.3) is 5.91 Å². The fourth-order valence-electron chi connectivity index (χ4n) is 2.32. The van der Waals surface area contributed by atoms with Crippen molar-refractivity contribution in [2.24, 2.45) is 0 Å². The Kier molecular flexibility index (Phi) is 7.50. The number of amides is 1. The summed E-state index contributed by atoms with van der Waals surface area (Å²) in [5, 5.41) is 11.6. The first-order valence-corrected chi connectivity index (χ1v) is 9.11. The van der Waals surface area contributed by atoms with E-state index >= 15 is 0 Å². The molecule has 0 aliphatic heterocycles. The highest BCUT2D eigenvalue weighted by molar-refractivity contribution is 7.99. The number of benzene rings is 2. The lowest BCUT2D eigenvalue weighted by Crippen LogP contribution is -2.23. The predicted octanol–water partition coefficient (Wildman–Crippen LogP) is 3.72. The molecule has 1 atom stereocenters. The average Bonchev–Trinajstić information content (AvgIpc) is 2.60. The van der Waals surface area contributed by atoms with E-state index < -0.39 is 12.1 Å². The molecule has 2 aromatic rings. The van der Waals surface area contributed by atoms with Crippen LogP contribution >= 0.6 is 11.8 Å². The van der Waals surface area contributed by atoms with Gasteiger partial charge in [-0.3, -0.25) is 9.59 Å². The molecular formula is C19H21NO4S. The Morgan fingerprint density at radius 2 is 1.92 bits per heavy atom. The van der Waals surface area contributed by atoms with Crippen LogP contribution in [-0.2, 0) is 20.1 Å². The first-order valence-electron chi connectivity index (χ1n) is 7.96. The van der Waals surface area contributed by atoms with Gasteiger partial charge in [0.15, 0.2) is 6.10 Å². The van der Waals surface area contributed by atoms with Crippen molar-refractivity contribution in [3.05, 3.63) is 65.7 Å². The second-order valence-corrected chi connectivity index (χ2v) is 6.31. The highest BCUT2D eigenvalue weighted by Crippen LogP contribution is 2.21. The zero-order valence-electron chi connectivity index (χ0n) is 14.0. The van der Waals surface area contributed by atoms with E-state index in [9.17, 15) is 9.59 Å². The lowest BCUT2D eigenvalue weighted by Gasteiger charge is -2.17. The van der Waals surface area contributed by atoms with Gasteiger partial charge in [0.2, 0.25) is 0 Å². The monoisotopic (exact) mass is 359 g/mol. The third kappa shape index (κ3) is 6.25. The fraction of sp³-hybridized carbons (Fsp3) is 0.263. The van der Waals surface area contributed by atoms with Crippen molar-refractivity contribution in [3.8, 4) is 0 Å². The standard InChI is InChI=1S/C19H21NO4S/c1-2-24-18(15-8-4-3-5-9-15)19(23)20-16-10-6-7-14(11-16)12-25-13-17(21)22/h3-11,18H,2,12-13H2,1H3,(H,20,23)(H,21,22). The van der Waals surface area contributed by atoms with Crippen LogP contribution in [0.4, 0.5) is 5.69 Å². The van der Waals surface area contributed by atoms with Crippen LogP contribution < -0.4 is 5.32 Å². The number of aliphatic carboxylic acids is 1. The minimum absolute atomic E-state index is 0.0526. The number of rotatable bonds is 9. The van der Waals surface area contributed by atoms with Gasteiger partial charge in [0, 0.05) is 18.0 Å². The first kappa shape index (κ1) is 19.0. The largest absolute Gasteiger partial charge is 0.481 e. The molecule has 0 bridgehead atoms. The molecule has 0 saturated carbocycles. The van der Waals surface area contributed by atoms with Gasteiger partial charge in [-0.1, -0.05) is 42.5 Å². The smallest absolute Gasteiger partial charge is 0.313 e. The van der Waals surface area contributed by atoms with E-state index in [1.807, 2.05) is 55.5 Å². The Labute approximate surface area is 151 Å². The van der Waals surface area contributed by atoms with Crippen LogP contribution in [0.2, 0.25) is 0 Å². The van der Waals surface area contributed by atoms with Gasteiger partial charge in [-0.05, 0) is 30.2 Å². The molecule has 25 heavy (non-hydrogen) atoms. The molecule has 1 unspecified atom stereocenters. The van der Waals surface area contributed by atoms with E-state index in [4.69, 9.17) is 9.84 Å². The van der Waals surface area contributed by atoms with Crippen molar-refractivity contribution in [1.82, 2.24) is 0 Å². The summed E-state index contributed by atoms with van der Waals surface area (Å²) in [6.45, 7) is 2.28. The zero-order valence-corrected chi connectivity index (χ0v) is 14.8. The Morgan fingerprint density at radius 1 is 1.16 bits per heavy atom. The maximum Gasteiger partial charge on any atom is 0.313 e. The zero-order chi connectivity index (χ0) is 18.1. The molecule has 0 saturated heterocycles. The summed E-state index contributed by atoms with van der Waals surface area (Å²) < 4.78 is 5.60. The number of hydrogen-bond acceptors (Lipinski definition) is 4. The van der Waals surface area contributed by atoms with Crippen LogP contribution in [0.15, 0.2) is 54.6 Å². The lowest BCUT2D eigenvalue weighted by atomic mass is 10.1. The van der Waals surface area contributed by atoms with Crippen molar-refractivity contribution < 1.29 is 19.4 Å². The van der Waals surface area contributed by atoms with E-state index in [1.165, 1.54) is 11.8 Å². The molecule has 1 amide bonds. The van der Waals surface area contributed by atoms with Crippen LogP contribution in [0.3, 0.4) is 0 Å². The number of carboxylic acid groups (broad SMARTS) is 1. The Hall–Kier alpha value is -2.31. The van der Waals surface area contributed by atoms with E-state index in [1.54, 1.807) is 6.07 Å². The summed E-state index contributed by atoms with van der Waals surface area (Å²) in [6.07, 6.45) is -0.670. The Bertz CT molecular complexity index is 706. The predicted molar refractivity (Wildman–Crippen MR) is 99.7 cm³/mol. The number of carbonyl (C=O) groups is 2. The van der Waals surface area contributed by atoms with Crippen molar-refractivity contribution >= 4 is 29.3 Å². The van der Waals surface area contributed by atoms with Gasteiger partial charge in [-0.15, -0.1) is 11.8 Å². The summed E-state index contributed by atoms with van der Waals surface area (Å²) in [4.78, 5) is 23.2. The van der Waals surface area contributed by atoms with Crippen LogP contribution in [0, 0.1) is 0 Å². The van der Waals surface area contributed by atoms with E-state index in [-0.39, 0.29) is 11.7 Å². The van der Waals surface area contributed by atoms with Gasteiger partial charge in [0.05, 0.1) is 5.75 Å². The van der Waals surface area contributed by atoms with Crippen LogP contribution in [0.5, 0.6) is 0 Å². The Morgan fingerprint density at radius 3 is 2.60 bits per heavy atom. The van der Waals surface area contributed by atoms with Crippen molar-refractivity contribution in [1.29, 1.82) is 0 Å². The minimum atomic E-state index is -0.836. The summed E-state index contributed by atoms with van der Waals surface area (Å²) in [7, 11) is 0. The summed E-state index contributed by atoms with van der Waals surface area (Å²) in [6, 6.07) is 16.7. The normalized spacial score (nSPS) is 11.7. The number of carboxylic acids is 1. The molecule has 2 N–H and O–H groups in total. The second kappa shape index (κ2) is 9.86. The number of ether oxygens (including phenoxy) is 1. The summed E-state index contributed by atoms with van der Waals surface area (Å²) >= 11 is 1.32. The number of thioether (sulfide) groups is 1. The maximum atomic E-state index is 12.6. The van der Waals surface area contributed by atoms with Gasteiger partial charge < -0.3 is 15.2 Å². The van der Waals surface area contributed by atoms with E-state index in [0.717, 1.165) is 11.1 Å². The fourth-order valence-corrected chi connectivity index (χ4v) is 3.01. The molecule has 0 radical (unpaired) electrons. The Balaban J connectivity index is 2.04. The van der Waals surface area contributed by atoms with Gasteiger partial charge in [-0.2, -0.15) is 0 Å². The van der Waals surface area contributed by atoms with Crippen molar-refractivity contribution in [2.75, 3.05) is 17.7 Å². The summed E-state index contributed by atoms with van der Waals surface area (Å²) in [5.74, 6) is -0.444. The van der Waals surface area contributed by atoms with Gasteiger partial charge >= 0.3 is 5.97 Å². The van der Waals surface area contributed by atoms with Crippen molar-refractivity contribution in [3.63, 3.8) is 0 Å². The second-order valence-electron chi connectivity index (χ2n) is 5.32. The number of carbonyl (C=O) groups excluding carboxylic acids is 1. The summed E-state index contributed by atoms with van der Waals surface area (Å²) in [5.41, 5.74) is 2.42. The SMILES string of the molecule is CCOC(C(=O)Nc1cccc(CSCC(=O)O)c1)c1ccccc1. The molecule has 5 nitrogen and oxygen atoms in total. The molecule has 0 fully saturated rings. The van der Waals surface area contributed by atoms with E-state index in [2.05, 4.69) is 5.32 Å². The molecule has 2 aromatic carbocycles. The molecule has 0 aromatic heterocycles. The lowest BCUT2D eigenvalue weighted by molar-refractivity contribution is -0.134. The molecule has 0 aliphatic carbocycles. The molecule has 132 valence electrons. The van der Waals surface area contributed by atoms with Crippen molar-refractivity contribution in [2.45, 2.75) is 18.8 Å². The quantitative estimate of drug-likeness (QED) is 0.714. The van der Waals surface area contributed by atoms with Crippen LogP contribution in [-0.4, -0.2) is 29.3 Å². The number of anilines is 1. The van der Waals surface area contributed by atoms with Gasteiger partial charge in [-0.25, -0.2) is 0 Å². The number of nitrogens with one attached hydrogen (secondary N) is 1. The molecule has 0 heterocycles. The molecule has 2 rings (SSSR count). The molecule has 6 heteroatoms. The molecule has 0 spiro atoms. The first-order chi connectivity index (χ1) is 12.1. The molecular weight excluding hydrogens is 338 g/mol. The van der Waals surface area contributed by atoms with Crippen LogP contribution in [0.1, 0.15) is 24.2 Å². The topological polar surface area (TPSA) is 75.6 Å². The van der Waals surface area contributed by atoms with Gasteiger partial charge in [0.1, 0.15) is 0 Å². The number of hydrogen-bond donors (Lipinski definition) is 2. The minimum Gasteiger partial charge on any atom is -0.481 e. The third-order valence-electron chi connectivity index (χ3n) is 3.36. The van der Waals surface area contributed by atoms with E-state index in [0.29, 0.717) is 18.0 Å². The molecule has 0 aliphatic rings. The third-order valence-corrected chi connectivity index (χ3v) is 4.35. The highest BCUT2D eigenvalue weighted by atomic mass is 32.2. The van der Waals surface area contributed by atoms with Crippen LogP contribution in [0.25, 0.3) is 0 Å².